The fourth-order valence-electron chi connectivity index (χ4n) is 1.54. The van der Waals surface area contributed by atoms with Crippen LogP contribution >= 0.6 is 0 Å². The number of amides is 1. The molecule has 0 bridgehead atoms. The van der Waals surface area contributed by atoms with E-state index in [2.05, 4.69) is 5.32 Å². The average Bonchev–Trinajstić information content (AvgIpc) is 2.38. The number of carbonyl (C=O) groups is 2. The number of hydrogen-bond acceptors (Lipinski definition) is 4. The summed E-state index contributed by atoms with van der Waals surface area (Å²) in [7, 11) is 1.71. The summed E-state index contributed by atoms with van der Waals surface area (Å²) in [6, 6.07) is 6.88. The molecular formula is C14H20N2O3. The van der Waals surface area contributed by atoms with Crippen LogP contribution in [0.3, 0.4) is 0 Å². The van der Waals surface area contributed by atoms with E-state index in [4.69, 9.17) is 4.74 Å². The van der Waals surface area contributed by atoms with Crippen LogP contribution in [-0.4, -0.2) is 31.6 Å². The van der Waals surface area contributed by atoms with Gasteiger partial charge in [-0.3, -0.25) is 4.79 Å². The fraction of sp³-hybridized carbons (Fsp3) is 0.429. The molecule has 19 heavy (non-hydrogen) atoms. The van der Waals surface area contributed by atoms with E-state index in [1.54, 1.807) is 25.8 Å². The molecule has 0 aliphatic heterocycles. The van der Waals surface area contributed by atoms with Gasteiger partial charge in [0.25, 0.3) is 0 Å². The van der Waals surface area contributed by atoms with E-state index >= 15 is 0 Å². The van der Waals surface area contributed by atoms with E-state index < -0.39 is 6.04 Å². The zero-order chi connectivity index (χ0) is 14.4. The summed E-state index contributed by atoms with van der Waals surface area (Å²) in [5, 5.41) is 3.04. The van der Waals surface area contributed by atoms with Gasteiger partial charge in [0.1, 0.15) is 6.04 Å². The Morgan fingerprint density at radius 3 is 2.37 bits per heavy atom. The van der Waals surface area contributed by atoms with E-state index in [1.165, 1.54) is 6.92 Å². The van der Waals surface area contributed by atoms with Crippen molar-refractivity contribution < 1.29 is 14.3 Å². The van der Waals surface area contributed by atoms with Crippen LogP contribution in [0.2, 0.25) is 0 Å². The predicted octanol–water partition coefficient (Wildman–Crippen LogP) is 2.03. The lowest BCUT2D eigenvalue weighted by Crippen LogP contribution is -2.28. The van der Waals surface area contributed by atoms with Gasteiger partial charge < -0.3 is 15.0 Å². The summed E-state index contributed by atoms with van der Waals surface area (Å²) in [5.74, 6) is -0.312. The molecule has 1 amide bonds. The van der Waals surface area contributed by atoms with E-state index in [1.807, 2.05) is 24.3 Å². The van der Waals surface area contributed by atoms with Gasteiger partial charge in [-0.2, -0.15) is 0 Å². The minimum absolute atomic E-state index is 0.0272. The first-order chi connectivity index (χ1) is 8.95. The Morgan fingerprint density at radius 2 is 1.89 bits per heavy atom. The molecule has 0 aliphatic rings. The standard InChI is InChI=1S/C14H20N2O3/c1-5-19-14(18)10(2)15-12-6-8-13(9-7-12)16(4)11(3)17/h6-10,15H,5H2,1-4H3/t10-/m1/s1. The van der Waals surface area contributed by atoms with Gasteiger partial charge in [0.2, 0.25) is 5.91 Å². The topological polar surface area (TPSA) is 58.6 Å². The Kier molecular flexibility index (Phi) is 5.36. The number of anilines is 2. The average molecular weight is 264 g/mol. The quantitative estimate of drug-likeness (QED) is 0.827. The molecule has 5 heteroatoms. The first-order valence-electron chi connectivity index (χ1n) is 6.23. The first-order valence-corrected chi connectivity index (χ1v) is 6.23. The Labute approximate surface area is 113 Å². The molecule has 1 atom stereocenters. The molecule has 0 saturated carbocycles. The molecular weight excluding hydrogens is 244 g/mol. The molecule has 1 rings (SSSR count). The largest absolute Gasteiger partial charge is 0.464 e. The number of nitrogens with zero attached hydrogens (tertiary/aromatic N) is 1. The minimum atomic E-state index is -0.406. The molecule has 1 N–H and O–H groups in total. The molecule has 0 spiro atoms. The number of rotatable bonds is 5. The molecule has 0 fully saturated rings. The van der Waals surface area contributed by atoms with Crippen molar-refractivity contribution in [1.82, 2.24) is 0 Å². The maximum absolute atomic E-state index is 11.5. The molecule has 0 heterocycles. The fourth-order valence-corrected chi connectivity index (χ4v) is 1.54. The summed E-state index contributed by atoms with van der Waals surface area (Å²) in [4.78, 5) is 24.2. The monoisotopic (exact) mass is 264 g/mol. The second-order valence-corrected chi connectivity index (χ2v) is 4.24. The van der Waals surface area contributed by atoms with Crippen LogP contribution < -0.4 is 10.2 Å². The number of benzene rings is 1. The Hall–Kier alpha value is -2.04. The lowest BCUT2D eigenvalue weighted by Gasteiger charge is -2.17. The van der Waals surface area contributed by atoms with Crippen LogP contribution in [0, 0.1) is 0 Å². The smallest absolute Gasteiger partial charge is 0.328 e. The Balaban J connectivity index is 2.67. The summed E-state index contributed by atoms with van der Waals surface area (Å²) in [5.41, 5.74) is 1.61. The molecule has 1 aromatic carbocycles. The second-order valence-electron chi connectivity index (χ2n) is 4.24. The van der Waals surface area contributed by atoms with Crippen LogP contribution in [0.1, 0.15) is 20.8 Å². The maximum atomic E-state index is 11.5. The zero-order valence-electron chi connectivity index (χ0n) is 11.8. The van der Waals surface area contributed by atoms with Crippen LogP contribution in [0.5, 0.6) is 0 Å². The third-order valence-corrected chi connectivity index (χ3v) is 2.75. The van der Waals surface area contributed by atoms with Crippen LogP contribution in [0.15, 0.2) is 24.3 Å². The molecule has 0 unspecified atom stereocenters. The van der Waals surface area contributed by atoms with Crippen LogP contribution in [-0.2, 0) is 14.3 Å². The minimum Gasteiger partial charge on any atom is -0.464 e. The molecule has 0 aliphatic carbocycles. The van der Waals surface area contributed by atoms with Crippen LogP contribution in [0.25, 0.3) is 0 Å². The Bertz CT molecular complexity index is 443. The van der Waals surface area contributed by atoms with Gasteiger partial charge in [0.15, 0.2) is 0 Å². The van der Waals surface area contributed by atoms with Crippen molar-refractivity contribution in [2.45, 2.75) is 26.8 Å². The molecule has 5 nitrogen and oxygen atoms in total. The summed E-state index contributed by atoms with van der Waals surface area (Å²) in [6.45, 7) is 5.40. The molecule has 1 aromatic rings. The molecule has 0 aromatic heterocycles. The van der Waals surface area contributed by atoms with Crippen molar-refractivity contribution in [3.05, 3.63) is 24.3 Å². The third kappa shape index (κ3) is 4.28. The van der Waals surface area contributed by atoms with Crippen molar-refractivity contribution in [3.8, 4) is 0 Å². The van der Waals surface area contributed by atoms with E-state index in [9.17, 15) is 9.59 Å². The SMILES string of the molecule is CCOC(=O)[C@@H](C)Nc1ccc(N(C)C(C)=O)cc1. The maximum Gasteiger partial charge on any atom is 0.328 e. The molecule has 0 saturated heterocycles. The lowest BCUT2D eigenvalue weighted by molar-refractivity contribution is -0.143. The number of nitrogens with one attached hydrogen (secondary N) is 1. The summed E-state index contributed by atoms with van der Waals surface area (Å²) >= 11 is 0. The van der Waals surface area contributed by atoms with Gasteiger partial charge in [-0.1, -0.05) is 0 Å². The molecule has 104 valence electrons. The highest BCUT2D eigenvalue weighted by Crippen LogP contribution is 2.17. The van der Waals surface area contributed by atoms with Crippen molar-refractivity contribution in [3.63, 3.8) is 0 Å². The zero-order valence-corrected chi connectivity index (χ0v) is 11.8. The van der Waals surface area contributed by atoms with Crippen molar-refractivity contribution >= 4 is 23.3 Å². The van der Waals surface area contributed by atoms with Crippen LogP contribution in [0.4, 0.5) is 11.4 Å². The number of esters is 1. The highest BCUT2D eigenvalue weighted by Gasteiger charge is 2.13. The van der Waals surface area contributed by atoms with Gasteiger partial charge in [0.05, 0.1) is 6.61 Å². The lowest BCUT2D eigenvalue weighted by atomic mass is 10.2. The van der Waals surface area contributed by atoms with Crippen molar-refractivity contribution in [1.29, 1.82) is 0 Å². The van der Waals surface area contributed by atoms with E-state index in [-0.39, 0.29) is 11.9 Å². The van der Waals surface area contributed by atoms with E-state index in [0.29, 0.717) is 6.61 Å². The van der Waals surface area contributed by atoms with Gasteiger partial charge in [-0.15, -0.1) is 0 Å². The predicted molar refractivity (Wildman–Crippen MR) is 75.2 cm³/mol. The first kappa shape index (κ1) is 15.0. The third-order valence-electron chi connectivity index (χ3n) is 2.75. The highest BCUT2D eigenvalue weighted by atomic mass is 16.5. The van der Waals surface area contributed by atoms with Gasteiger partial charge in [-0.05, 0) is 38.1 Å². The normalized spacial score (nSPS) is 11.6. The van der Waals surface area contributed by atoms with E-state index in [0.717, 1.165) is 11.4 Å². The number of hydrogen-bond donors (Lipinski definition) is 1. The van der Waals surface area contributed by atoms with Crippen molar-refractivity contribution in [2.75, 3.05) is 23.9 Å². The molecule has 0 radical (unpaired) electrons. The Morgan fingerprint density at radius 1 is 1.32 bits per heavy atom. The summed E-state index contributed by atoms with van der Waals surface area (Å²) in [6.07, 6.45) is 0. The number of ether oxygens (including phenoxy) is 1. The van der Waals surface area contributed by atoms with Crippen molar-refractivity contribution in [2.24, 2.45) is 0 Å². The van der Waals surface area contributed by atoms with Gasteiger partial charge in [0, 0.05) is 25.3 Å². The van der Waals surface area contributed by atoms with Gasteiger partial charge >= 0.3 is 5.97 Å². The summed E-state index contributed by atoms with van der Waals surface area (Å²) < 4.78 is 4.91. The second kappa shape index (κ2) is 6.78. The van der Waals surface area contributed by atoms with Gasteiger partial charge in [-0.25, -0.2) is 4.79 Å². The highest BCUT2D eigenvalue weighted by molar-refractivity contribution is 5.91. The number of carbonyl (C=O) groups excluding carboxylic acids is 2.